The van der Waals surface area contributed by atoms with Crippen LogP contribution in [-0.2, 0) is 4.79 Å². The van der Waals surface area contributed by atoms with Gasteiger partial charge in [-0.2, -0.15) is 0 Å². The Hall–Kier alpha value is -1.39. The molecule has 2 aliphatic heterocycles. The van der Waals surface area contributed by atoms with Crippen molar-refractivity contribution >= 4 is 5.91 Å². The summed E-state index contributed by atoms with van der Waals surface area (Å²) in [7, 11) is 4.00. The second-order valence-electron chi connectivity index (χ2n) is 7.54. The van der Waals surface area contributed by atoms with Gasteiger partial charge in [0.15, 0.2) is 0 Å². The first-order chi connectivity index (χ1) is 11.0. The van der Waals surface area contributed by atoms with E-state index in [1.54, 1.807) is 0 Å². The molecule has 1 atom stereocenters. The van der Waals surface area contributed by atoms with Gasteiger partial charge in [0.1, 0.15) is 6.04 Å². The molecule has 0 bridgehead atoms. The highest BCUT2D eigenvalue weighted by atomic mass is 16.2. The molecule has 0 aromatic heterocycles. The minimum atomic E-state index is -0.174. The van der Waals surface area contributed by atoms with E-state index in [2.05, 4.69) is 35.3 Å². The maximum absolute atomic E-state index is 13.2. The third-order valence-electron chi connectivity index (χ3n) is 5.52. The molecule has 1 amide bonds. The van der Waals surface area contributed by atoms with Crippen LogP contribution in [0.1, 0.15) is 36.4 Å². The molecule has 0 unspecified atom stereocenters. The molecule has 126 valence electrons. The van der Waals surface area contributed by atoms with Crippen molar-refractivity contribution in [1.29, 1.82) is 0 Å². The van der Waals surface area contributed by atoms with Gasteiger partial charge in [-0.05, 0) is 64.3 Å². The molecule has 2 heterocycles. The lowest BCUT2D eigenvalue weighted by atomic mass is 9.78. The van der Waals surface area contributed by atoms with Crippen LogP contribution in [0.3, 0.4) is 0 Å². The Labute approximate surface area is 139 Å². The van der Waals surface area contributed by atoms with Gasteiger partial charge in [-0.3, -0.25) is 9.69 Å². The van der Waals surface area contributed by atoms with E-state index in [9.17, 15) is 4.79 Å². The molecule has 0 aliphatic carbocycles. The zero-order valence-corrected chi connectivity index (χ0v) is 14.6. The molecule has 3 rings (SSSR count). The van der Waals surface area contributed by atoms with Gasteiger partial charge >= 0.3 is 0 Å². The molecule has 4 heteroatoms. The Morgan fingerprint density at radius 3 is 2.65 bits per heavy atom. The summed E-state index contributed by atoms with van der Waals surface area (Å²) in [6.07, 6.45) is 3.57. The van der Waals surface area contributed by atoms with E-state index in [0.29, 0.717) is 5.41 Å². The van der Waals surface area contributed by atoms with Crippen molar-refractivity contribution in [3.63, 3.8) is 0 Å². The first kappa shape index (κ1) is 16.5. The average Bonchev–Trinajstić information content (AvgIpc) is 2.91. The van der Waals surface area contributed by atoms with Crippen molar-refractivity contribution in [3.05, 3.63) is 35.4 Å². The number of carbonyl (C=O) groups is 1. The van der Waals surface area contributed by atoms with Crippen molar-refractivity contribution in [2.24, 2.45) is 5.41 Å². The third-order valence-corrected chi connectivity index (χ3v) is 5.52. The maximum Gasteiger partial charge on any atom is 0.244 e. The van der Waals surface area contributed by atoms with Crippen LogP contribution >= 0.6 is 0 Å². The minimum absolute atomic E-state index is 0.174. The number of aryl methyl sites for hydroxylation is 1. The largest absolute Gasteiger partial charge is 0.340 e. The number of likely N-dealkylation sites (N-methyl/N-ethyl adjacent to an activating group) is 1. The van der Waals surface area contributed by atoms with Crippen molar-refractivity contribution < 1.29 is 4.79 Å². The van der Waals surface area contributed by atoms with E-state index in [-0.39, 0.29) is 11.9 Å². The Balaban J connectivity index is 1.77. The lowest BCUT2D eigenvalue weighted by molar-refractivity contribution is -0.135. The number of nitrogens with one attached hydrogen (secondary N) is 1. The fourth-order valence-electron chi connectivity index (χ4n) is 4.16. The lowest BCUT2D eigenvalue weighted by Gasteiger charge is -2.35. The number of piperidine rings is 1. The lowest BCUT2D eigenvalue weighted by Crippen LogP contribution is -2.43. The summed E-state index contributed by atoms with van der Waals surface area (Å²) in [6, 6.07) is 8.17. The van der Waals surface area contributed by atoms with Crippen LogP contribution in [0.4, 0.5) is 0 Å². The number of benzene rings is 1. The van der Waals surface area contributed by atoms with Gasteiger partial charge in [0.2, 0.25) is 5.91 Å². The van der Waals surface area contributed by atoms with E-state index in [1.807, 2.05) is 25.1 Å². The molecule has 1 aromatic carbocycles. The monoisotopic (exact) mass is 315 g/mol. The first-order valence-corrected chi connectivity index (χ1v) is 8.73. The number of amides is 1. The summed E-state index contributed by atoms with van der Waals surface area (Å²) in [5.74, 6) is 0.260. The molecule has 1 aromatic rings. The number of nitrogens with zero attached hydrogens (tertiary/aromatic N) is 2. The van der Waals surface area contributed by atoms with Gasteiger partial charge in [-0.25, -0.2) is 0 Å². The van der Waals surface area contributed by atoms with Gasteiger partial charge in [0.25, 0.3) is 0 Å². The standard InChI is InChI=1S/C19H29N3O/c1-15-5-4-6-16(13-15)17(21(2)3)18(23)22-12-9-19(14-22)7-10-20-11-8-19/h4-6,13,17,20H,7-12,14H2,1-3H3/t17-/m1/s1. The fourth-order valence-corrected chi connectivity index (χ4v) is 4.16. The molecule has 23 heavy (non-hydrogen) atoms. The summed E-state index contributed by atoms with van der Waals surface area (Å²) in [6.45, 7) is 6.12. The quantitative estimate of drug-likeness (QED) is 0.929. The zero-order chi connectivity index (χ0) is 16.4. The van der Waals surface area contributed by atoms with E-state index >= 15 is 0 Å². The Morgan fingerprint density at radius 2 is 2.00 bits per heavy atom. The Bertz CT molecular complexity index is 563. The molecule has 4 nitrogen and oxygen atoms in total. The molecule has 0 radical (unpaired) electrons. The van der Waals surface area contributed by atoms with E-state index in [0.717, 1.165) is 38.2 Å². The van der Waals surface area contributed by atoms with Crippen LogP contribution in [0.2, 0.25) is 0 Å². The van der Waals surface area contributed by atoms with Gasteiger partial charge < -0.3 is 10.2 Å². The number of carbonyl (C=O) groups excluding carboxylic acids is 1. The predicted octanol–water partition coefficient (Wildman–Crippen LogP) is 2.20. The first-order valence-electron chi connectivity index (χ1n) is 8.73. The molecule has 2 saturated heterocycles. The van der Waals surface area contributed by atoms with Crippen LogP contribution in [0.15, 0.2) is 24.3 Å². The molecule has 1 spiro atoms. The highest BCUT2D eigenvalue weighted by molar-refractivity contribution is 5.83. The minimum Gasteiger partial charge on any atom is -0.340 e. The third kappa shape index (κ3) is 3.43. The van der Waals surface area contributed by atoms with E-state index in [1.165, 1.54) is 18.4 Å². The van der Waals surface area contributed by atoms with Crippen molar-refractivity contribution in [3.8, 4) is 0 Å². The highest BCUT2D eigenvalue weighted by Gasteiger charge is 2.42. The number of hydrogen-bond donors (Lipinski definition) is 1. The maximum atomic E-state index is 13.2. The van der Waals surface area contributed by atoms with E-state index < -0.39 is 0 Å². The van der Waals surface area contributed by atoms with Crippen LogP contribution in [0.25, 0.3) is 0 Å². The molecule has 1 N–H and O–H groups in total. The van der Waals surface area contributed by atoms with Crippen LogP contribution < -0.4 is 5.32 Å². The SMILES string of the molecule is Cc1cccc([C@H](C(=O)N2CCC3(CCNCC3)C2)N(C)C)c1. The molecule has 2 fully saturated rings. The van der Waals surface area contributed by atoms with Crippen molar-refractivity contribution in [1.82, 2.24) is 15.1 Å². The van der Waals surface area contributed by atoms with E-state index in [4.69, 9.17) is 0 Å². The van der Waals surface area contributed by atoms with Crippen LogP contribution in [0, 0.1) is 12.3 Å². The normalized spacial score (nSPS) is 21.8. The van der Waals surface area contributed by atoms with Gasteiger partial charge in [-0.15, -0.1) is 0 Å². The molecule has 2 aliphatic rings. The highest BCUT2D eigenvalue weighted by Crippen LogP contribution is 2.39. The predicted molar refractivity (Wildman–Crippen MR) is 93.3 cm³/mol. The number of rotatable bonds is 3. The zero-order valence-electron chi connectivity index (χ0n) is 14.6. The summed E-state index contributed by atoms with van der Waals surface area (Å²) >= 11 is 0. The van der Waals surface area contributed by atoms with Gasteiger partial charge in [-0.1, -0.05) is 29.8 Å². The van der Waals surface area contributed by atoms with Crippen LogP contribution in [0.5, 0.6) is 0 Å². The summed E-state index contributed by atoms with van der Waals surface area (Å²) < 4.78 is 0. The Morgan fingerprint density at radius 1 is 1.26 bits per heavy atom. The average molecular weight is 315 g/mol. The molecular formula is C19H29N3O. The summed E-state index contributed by atoms with van der Waals surface area (Å²) in [5.41, 5.74) is 2.68. The topological polar surface area (TPSA) is 35.6 Å². The summed E-state index contributed by atoms with van der Waals surface area (Å²) in [5, 5.41) is 3.44. The Kier molecular flexibility index (Phi) is 4.74. The van der Waals surface area contributed by atoms with Crippen molar-refractivity contribution in [2.75, 3.05) is 40.3 Å². The van der Waals surface area contributed by atoms with Crippen LogP contribution in [-0.4, -0.2) is 56.0 Å². The molecular weight excluding hydrogens is 286 g/mol. The van der Waals surface area contributed by atoms with Gasteiger partial charge in [0, 0.05) is 13.1 Å². The number of hydrogen-bond acceptors (Lipinski definition) is 3. The summed E-state index contributed by atoms with van der Waals surface area (Å²) in [4.78, 5) is 17.3. The fraction of sp³-hybridized carbons (Fsp3) is 0.632. The smallest absolute Gasteiger partial charge is 0.244 e. The van der Waals surface area contributed by atoms with Gasteiger partial charge in [0.05, 0.1) is 0 Å². The number of likely N-dealkylation sites (tertiary alicyclic amines) is 1. The molecule has 0 saturated carbocycles. The second-order valence-corrected chi connectivity index (χ2v) is 7.54. The second kappa shape index (κ2) is 6.62. The van der Waals surface area contributed by atoms with Crippen molar-refractivity contribution in [2.45, 2.75) is 32.2 Å².